The molecule has 17 heavy (non-hydrogen) atoms. The number of halogens is 1. The van der Waals surface area contributed by atoms with E-state index in [1.165, 1.54) is 12.1 Å². The molecule has 92 valence electrons. The number of benzene rings is 1. The van der Waals surface area contributed by atoms with Crippen molar-refractivity contribution in [3.05, 3.63) is 35.6 Å². The topological polar surface area (TPSA) is 40.5 Å². The van der Waals surface area contributed by atoms with Gasteiger partial charge in [0.25, 0.3) is 0 Å². The Morgan fingerprint density at radius 1 is 1.41 bits per heavy atom. The molecular weight excluding hydrogens is 221 g/mol. The van der Waals surface area contributed by atoms with Crippen LogP contribution in [0.1, 0.15) is 18.4 Å². The first-order valence-electron chi connectivity index (χ1n) is 5.77. The normalized spacial score (nSPS) is 19.1. The van der Waals surface area contributed by atoms with Crippen LogP contribution in [0.2, 0.25) is 0 Å². The molecule has 1 heterocycles. The summed E-state index contributed by atoms with van der Waals surface area (Å²) in [7, 11) is 0. The van der Waals surface area contributed by atoms with Gasteiger partial charge in [-0.25, -0.2) is 4.39 Å². The van der Waals surface area contributed by atoms with Crippen LogP contribution >= 0.6 is 0 Å². The highest BCUT2D eigenvalue weighted by Crippen LogP contribution is 2.26. The Morgan fingerprint density at radius 3 is 2.71 bits per heavy atom. The highest BCUT2D eigenvalue weighted by atomic mass is 19.1. The zero-order valence-electron chi connectivity index (χ0n) is 9.60. The van der Waals surface area contributed by atoms with Crippen molar-refractivity contribution in [2.45, 2.75) is 24.9 Å². The van der Waals surface area contributed by atoms with Crippen LogP contribution in [0, 0.1) is 5.82 Å². The number of aliphatic hydroxyl groups is 1. The van der Waals surface area contributed by atoms with E-state index in [4.69, 9.17) is 0 Å². The molecule has 1 aromatic rings. The molecule has 0 radical (unpaired) electrons. The minimum Gasteiger partial charge on any atom is -0.389 e. The monoisotopic (exact) mass is 237 g/mol. The maximum Gasteiger partial charge on any atom is 0.209 e. The lowest BCUT2D eigenvalue weighted by Crippen LogP contribution is -2.45. The Bertz CT molecular complexity index is 400. The van der Waals surface area contributed by atoms with Gasteiger partial charge >= 0.3 is 0 Å². The number of hydrogen-bond acceptors (Lipinski definition) is 2. The molecule has 1 aliphatic rings. The van der Waals surface area contributed by atoms with Gasteiger partial charge < -0.3 is 10.0 Å². The van der Waals surface area contributed by atoms with Crippen LogP contribution < -0.4 is 0 Å². The molecule has 1 fully saturated rings. The van der Waals surface area contributed by atoms with Crippen LogP contribution in [-0.4, -0.2) is 35.1 Å². The lowest BCUT2D eigenvalue weighted by molar-refractivity contribution is -0.122. The fourth-order valence-corrected chi connectivity index (χ4v) is 2.25. The van der Waals surface area contributed by atoms with Crippen molar-refractivity contribution < 1.29 is 14.3 Å². The van der Waals surface area contributed by atoms with Crippen LogP contribution in [0.5, 0.6) is 0 Å². The molecule has 4 heteroatoms. The number of carbonyl (C=O) groups excluding carboxylic acids is 1. The molecule has 1 N–H and O–H groups in total. The molecule has 0 spiro atoms. The van der Waals surface area contributed by atoms with Gasteiger partial charge in [0.15, 0.2) is 0 Å². The number of carbonyl (C=O) groups is 1. The Hall–Kier alpha value is -1.42. The quantitative estimate of drug-likeness (QED) is 0.806. The largest absolute Gasteiger partial charge is 0.389 e. The molecule has 3 nitrogen and oxygen atoms in total. The Morgan fingerprint density at radius 2 is 2.12 bits per heavy atom. The lowest BCUT2D eigenvalue weighted by atomic mass is 9.85. The summed E-state index contributed by atoms with van der Waals surface area (Å²) in [5.41, 5.74) is -0.0140. The van der Waals surface area contributed by atoms with Crippen molar-refractivity contribution in [3.63, 3.8) is 0 Å². The number of piperidine rings is 1. The van der Waals surface area contributed by atoms with E-state index in [1.54, 1.807) is 11.0 Å². The summed E-state index contributed by atoms with van der Waals surface area (Å²) >= 11 is 0. The Kier molecular flexibility index (Phi) is 3.43. The van der Waals surface area contributed by atoms with Gasteiger partial charge in [-0.2, -0.15) is 0 Å². The molecule has 1 amide bonds. The maximum atomic E-state index is 13.0. The molecule has 0 aromatic heterocycles. The average Bonchev–Trinajstić information content (AvgIpc) is 2.29. The molecule has 1 aliphatic heterocycles. The van der Waals surface area contributed by atoms with Crippen molar-refractivity contribution in [3.8, 4) is 0 Å². The van der Waals surface area contributed by atoms with E-state index in [0.29, 0.717) is 32.4 Å². The minimum absolute atomic E-state index is 0.281. The SMILES string of the molecule is O=CN1CCC(O)(Cc2cccc(F)c2)CC1. The molecule has 1 saturated heterocycles. The summed E-state index contributed by atoms with van der Waals surface area (Å²) in [4.78, 5) is 12.2. The molecule has 0 aliphatic carbocycles. The fraction of sp³-hybridized carbons (Fsp3) is 0.462. The molecule has 2 rings (SSSR count). The smallest absolute Gasteiger partial charge is 0.209 e. The molecule has 0 atom stereocenters. The first-order chi connectivity index (χ1) is 8.11. The Labute approximate surface area is 99.9 Å². The predicted molar refractivity (Wildman–Crippen MR) is 61.9 cm³/mol. The molecule has 0 bridgehead atoms. The number of rotatable bonds is 3. The zero-order chi connectivity index (χ0) is 12.3. The molecular formula is C13H16FNO2. The first kappa shape index (κ1) is 12.0. The van der Waals surface area contributed by atoms with Crippen LogP contribution in [0.15, 0.2) is 24.3 Å². The molecule has 1 aromatic carbocycles. The second-order valence-corrected chi connectivity index (χ2v) is 4.67. The van der Waals surface area contributed by atoms with E-state index in [0.717, 1.165) is 12.0 Å². The van der Waals surface area contributed by atoms with Gasteiger partial charge in [0, 0.05) is 19.5 Å². The minimum atomic E-state index is -0.812. The van der Waals surface area contributed by atoms with Gasteiger partial charge in [0.05, 0.1) is 5.60 Å². The second-order valence-electron chi connectivity index (χ2n) is 4.67. The maximum absolute atomic E-state index is 13.0. The summed E-state index contributed by atoms with van der Waals surface area (Å²) in [5.74, 6) is -0.281. The highest BCUT2D eigenvalue weighted by molar-refractivity contribution is 5.47. The number of hydrogen-bond donors (Lipinski definition) is 1. The third-order valence-electron chi connectivity index (χ3n) is 3.30. The fourth-order valence-electron chi connectivity index (χ4n) is 2.25. The van der Waals surface area contributed by atoms with Crippen LogP contribution in [0.3, 0.4) is 0 Å². The van der Waals surface area contributed by atoms with E-state index in [1.807, 2.05) is 6.07 Å². The van der Waals surface area contributed by atoms with Gasteiger partial charge in [-0.05, 0) is 30.5 Å². The van der Waals surface area contributed by atoms with E-state index < -0.39 is 5.60 Å². The average molecular weight is 237 g/mol. The first-order valence-corrected chi connectivity index (χ1v) is 5.77. The van der Waals surface area contributed by atoms with E-state index in [9.17, 15) is 14.3 Å². The molecule has 0 unspecified atom stereocenters. The molecule has 0 saturated carbocycles. The number of likely N-dealkylation sites (tertiary alicyclic amines) is 1. The van der Waals surface area contributed by atoms with E-state index in [-0.39, 0.29) is 5.82 Å². The third kappa shape index (κ3) is 3.03. The van der Waals surface area contributed by atoms with Gasteiger partial charge in [-0.3, -0.25) is 4.79 Å². The van der Waals surface area contributed by atoms with Crippen LogP contribution in [0.25, 0.3) is 0 Å². The predicted octanol–water partition coefficient (Wildman–Crippen LogP) is 1.35. The third-order valence-corrected chi connectivity index (χ3v) is 3.30. The van der Waals surface area contributed by atoms with Gasteiger partial charge in [-0.15, -0.1) is 0 Å². The van der Waals surface area contributed by atoms with Crippen LogP contribution in [0.4, 0.5) is 4.39 Å². The standard InChI is InChI=1S/C13H16FNO2/c14-12-3-1-2-11(8-12)9-13(17)4-6-15(10-16)7-5-13/h1-3,8,10,17H,4-7,9H2. The van der Waals surface area contributed by atoms with Crippen molar-refractivity contribution in [2.75, 3.05) is 13.1 Å². The van der Waals surface area contributed by atoms with Gasteiger partial charge in [-0.1, -0.05) is 12.1 Å². The van der Waals surface area contributed by atoms with Crippen LogP contribution in [-0.2, 0) is 11.2 Å². The second kappa shape index (κ2) is 4.84. The summed E-state index contributed by atoms with van der Waals surface area (Å²) in [6, 6.07) is 6.30. The van der Waals surface area contributed by atoms with Gasteiger partial charge in [0.2, 0.25) is 6.41 Å². The van der Waals surface area contributed by atoms with Crippen molar-refractivity contribution in [1.82, 2.24) is 4.90 Å². The van der Waals surface area contributed by atoms with Crippen molar-refractivity contribution in [1.29, 1.82) is 0 Å². The van der Waals surface area contributed by atoms with Crippen molar-refractivity contribution in [2.24, 2.45) is 0 Å². The number of nitrogens with zero attached hydrogens (tertiary/aromatic N) is 1. The van der Waals surface area contributed by atoms with E-state index >= 15 is 0 Å². The van der Waals surface area contributed by atoms with E-state index in [2.05, 4.69) is 0 Å². The van der Waals surface area contributed by atoms with Crippen molar-refractivity contribution >= 4 is 6.41 Å². The number of amides is 1. The summed E-state index contributed by atoms with van der Waals surface area (Å²) in [6.07, 6.45) is 2.34. The van der Waals surface area contributed by atoms with Gasteiger partial charge in [0.1, 0.15) is 5.82 Å². The Balaban J connectivity index is 2.01. The summed E-state index contributed by atoms with van der Waals surface area (Å²) in [5, 5.41) is 10.4. The summed E-state index contributed by atoms with van der Waals surface area (Å²) in [6.45, 7) is 1.13. The summed E-state index contributed by atoms with van der Waals surface area (Å²) < 4.78 is 13.0. The zero-order valence-corrected chi connectivity index (χ0v) is 9.60. The highest BCUT2D eigenvalue weighted by Gasteiger charge is 2.31. The lowest BCUT2D eigenvalue weighted by Gasteiger charge is -2.36.